The van der Waals surface area contributed by atoms with E-state index in [0.717, 1.165) is 5.69 Å². The van der Waals surface area contributed by atoms with Gasteiger partial charge in [0.05, 0.1) is 6.61 Å². The number of hydrogen-bond donors (Lipinski definition) is 2. The summed E-state index contributed by atoms with van der Waals surface area (Å²) in [6.45, 7) is 2.08. The molecule has 6 heteroatoms. The van der Waals surface area contributed by atoms with Crippen molar-refractivity contribution in [3.63, 3.8) is 0 Å². The predicted octanol–water partition coefficient (Wildman–Crippen LogP) is 0.533. The normalized spacial score (nSPS) is 10.5. The summed E-state index contributed by atoms with van der Waals surface area (Å²) in [4.78, 5) is 15.5. The molecule has 1 heterocycles. The Morgan fingerprint density at radius 3 is 3.20 bits per heavy atom. The van der Waals surface area contributed by atoms with E-state index >= 15 is 0 Å². The lowest BCUT2D eigenvalue weighted by Gasteiger charge is -1.95. The molecular formula is C9H13N3O3. The van der Waals surface area contributed by atoms with Crippen LogP contribution in [0, 0.1) is 0 Å². The number of esters is 1. The quantitative estimate of drug-likeness (QED) is 0.421. The molecule has 0 aliphatic rings. The standard InChI is InChI=1S/C9H13N3O3/c1-2-14-9(13)8-6-7(11-12-8)4-3-5-15-10/h3,5-6H,2,4,10H2,1H3,(H,11,12). The number of carbonyl (C=O) groups excluding carboxylic acids is 1. The van der Waals surface area contributed by atoms with Gasteiger partial charge in [-0.3, -0.25) is 5.10 Å². The van der Waals surface area contributed by atoms with Crippen molar-refractivity contribution in [3.05, 3.63) is 29.8 Å². The molecule has 0 aliphatic carbocycles. The van der Waals surface area contributed by atoms with Crippen LogP contribution in [-0.4, -0.2) is 22.8 Å². The minimum absolute atomic E-state index is 0.272. The molecule has 82 valence electrons. The average Bonchev–Trinajstić information content (AvgIpc) is 2.67. The van der Waals surface area contributed by atoms with Crippen LogP contribution in [0.5, 0.6) is 0 Å². The number of nitrogens with two attached hydrogens (primary N) is 1. The number of nitrogens with zero attached hydrogens (tertiary/aromatic N) is 1. The molecule has 0 aliphatic heterocycles. The maximum absolute atomic E-state index is 11.2. The highest BCUT2D eigenvalue weighted by molar-refractivity contribution is 5.87. The molecule has 0 saturated carbocycles. The SMILES string of the molecule is CCOC(=O)c1cc(CC=CON)[nH]n1. The van der Waals surface area contributed by atoms with E-state index in [1.54, 1.807) is 19.1 Å². The number of aromatic amines is 1. The van der Waals surface area contributed by atoms with Crippen LogP contribution < -0.4 is 5.90 Å². The predicted molar refractivity (Wildman–Crippen MR) is 52.7 cm³/mol. The van der Waals surface area contributed by atoms with Crippen molar-refractivity contribution in [2.75, 3.05) is 6.61 Å². The van der Waals surface area contributed by atoms with Gasteiger partial charge < -0.3 is 9.57 Å². The summed E-state index contributed by atoms with van der Waals surface area (Å²) in [6, 6.07) is 1.62. The summed E-state index contributed by atoms with van der Waals surface area (Å²) in [5, 5.41) is 6.51. The fourth-order valence-corrected chi connectivity index (χ4v) is 1.01. The van der Waals surface area contributed by atoms with Crippen LogP contribution in [0.25, 0.3) is 0 Å². The molecule has 0 atom stereocenters. The summed E-state index contributed by atoms with van der Waals surface area (Å²) in [5.74, 6) is 4.37. The van der Waals surface area contributed by atoms with Crippen LogP contribution in [-0.2, 0) is 16.0 Å². The van der Waals surface area contributed by atoms with Gasteiger partial charge in [-0.05, 0) is 19.1 Å². The van der Waals surface area contributed by atoms with E-state index < -0.39 is 5.97 Å². The van der Waals surface area contributed by atoms with Crippen molar-refractivity contribution in [2.24, 2.45) is 5.90 Å². The molecule has 6 nitrogen and oxygen atoms in total. The van der Waals surface area contributed by atoms with Crippen molar-refractivity contribution in [1.29, 1.82) is 0 Å². The van der Waals surface area contributed by atoms with E-state index in [-0.39, 0.29) is 5.69 Å². The molecule has 3 N–H and O–H groups in total. The topological polar surface area (TPSA) is 90.2 Å². The fraction of sp³-hybridized carbons (Fsp3) is 0.333. The molecule has 1 aromatic rings. The summed E-state index contributed by atoms with van der Waals surface area (Å²) in [7, 11) is 0. The highest BCUT2D eigenvalue weighted by Crippen LogP contribution is 2.02. The fourth-order valence-electron chi connectivity index (χ4n) is 1.01. The number of hydrogen-bond acceptors (Lipinski definition) is 5. The number of allylic oxidation sites excluding steroid dienone is 1. The van der Waals surface area contributed by atoms with Gasteiger partial charge in [0.25, 0.3) is 0 Å². The average molecular weight is 211 g/mol. The molecule has 0 fully saturated rings. The minimum atomic E-state index is -0.431. The second kappa shape index (κ2) is 5.82. The van der Waals surface area contributed by atoms with Gasteiger partial charge in [0, 0.05) is 12.1 Å². The smallest absolute Gasteiger partial charge is 0.358 e. The third kappa shape index (κ3) is 3.43. The molecule has 0 spiro atoms. The molecular weight excluding hydrogens is 198 g/mol. The zero-order valence-corrected chi connectivity index (χ0v) is 8.40. The lowest BCUT2D eigenvalue weighted by atomic mass is 10.3. The second-order valence-corrected chi connectivity index (χ2v) is 2.71. The Hall–Kier alpha value is -1.82. The molecule has 0 aromatic carbocycles. The molecule has 15 heavy (non-hydrogen) atoms. The van der Waals surface area contributed by atoms with E-state index in [0.29, 0.717) is 13.0 Å². The third-order valence-corrected chi connectivity index (χ3v) is 1.63. The Morgan fingerprint density at radius 1 is 1.73 bits per heavy atom. The van der Waals surface area contributed by atoms with Crippen molar-refractivity contribution < 1.29 is 14.4 Å². The van der Waals surface area contributed by atoms with Crippen LogP contribution in [0.15, 0.2) is 18.4 Å². The first-order valence-corrected chi connectivity index (χ1v) is 4.50. The van der Waals surface area contributed by atoms with Crippen LogP contribution in [0.1, 0.15) is 23.1 Å². The van der Waals surface area contributed by atoms with Gasteiger partial charge in [-0.2, -0.15) is 11.0 Å². The number of carbonyl (C=O) groups is 1. The first-order valence-electron chi connectivity index (χ1n) is 4.50. The lowest BCUT2D eigenvalue weighted by molar-refractivity contribution is 0.0519. The summed E-state index contributed by atoms with van der Waals surface area (Å²) >= 11 is 0. The van der Waals surface area contributed by atoms with Gasteiger partial charge in [-0.25, -0.2) is 4.79 Å². The first-order chi connectivity index (χ1) is 7.27. The first kappa shape index (κ1) is 11.3. The van der Waals surface area contributed by atoms with Gasteiger partial charge >= 0.3 is 5.97 Å². The lowest BCUT2D eigenvalue weighted by Crippen LogP contribution is -2.04. The van der Waals surface area contributed by atoms with E-state index in [2.05, 4.69) is 15.0 Å². The van der Waals surface area contributed by atoms with Crippen molar-refractivity contribution >= 4 is 5.97 Å². The molecule has 1 aromatic heterocycles. The number of rotatable bonds is 5. The Balaban J connectivity index is 2.56. The van der Waals surface area contributed by atoms with Crippen LogP contribution in [0.3, 0.4) is 0 Å². The molecule has 0 amide bonds. The van der Waals surface area contributed by atoms with Gasteiger partial charge in [0.1, 0.15) is 6.26 Å². The summed E-state index contributed by atoms with van der Waals surface area (Å²) in [5.41, 5.74) is 1.06. The van der Waals surface area contributed by atoms with Gasteiger partial charge in [-0.1, -0.05) is 0 Å². The monoisotopic (exact) mass is 211 g/mol. The molecule has 0 radical (unpaired) electrons. The maximum atomic E-state index is 11.2. The zero-order valence-electron chi connectivity index (χ0n) is 8.40. The number of ether oxygens (including phenoxy) is 1. The summed E-state index contributed by atoms with van der Waals surface area (Å²) < 4.78 is 4.78. The Bertz CT molecular complexity index is 346. The molecule has 1 rings (SSSR count). The minimum Gasteiger partial charge on any atom is -0.461 e. The Labute approximate surface area is 87.0 Å². The van der Waals surface area contributed by atoms with Crippen LogP contribution in [0.4, 0.5) is 0 Å². The highest BCUT2D eigenvalue weighted by atomic mass is 16.6. The van der Waals surface area contributed by atoms with E-state index in [1.165, 1.54) is 6.26 Å². The van der Waals surface area contributed by atoms with E-state index in [1.807, 2.05) is 0 Å². The highest BCUT2D eigenvalue weighted by Gasteiger charge is 2.10. The van der Waals surface area contributed by atoms with Crippen molar-refractivity contribution in [2.45, 2.75) is 13.3 Å². The van der Waals surface area contributed by atoms with E-state index in [9.17, 15) is 4.79 Å². The molecule has 0 saturated heterocycles. The summed E-state index contributed by atoms with van der Waals surface area (Å²) in [6.07, 6.45) is 3.61. The number of H-pyrrole nitrogens is 1. The van der Waals surface area contributed by atoms with Crippen LogP contribution >= 0.6 is 0 Å². The van der Waals surface area contributed by atoms with Gasteiger partial charge in [-0.15, -0.1) is 0 Å². The zero-order chi connectivity index (χ0) is 11.1. The van der Waals surface area contributed by atoms with E-state index in [4.69, 9.17) is 10.6 Å². The second-order valence-electron chi connectivity index (χ2n) is 2.71. The van der Waals surface area contributed by atoms with Gasteiger partial charge in [0.15, 0.2) is 5.69 Å². The maximum Gasteiger partial charge on any atom is 0.358 e. The van der Waals surface area contributed by atoms with Crippen LogP contribution in [0.2, 0.25) is 0 Å². The molecule has 0 unspecified atom stereocenters. The Morgan fingerprint density at radius 2 is 2.53 bits per heavy atom. The Kier molecular flexibility index (Phi) is 4.36. The number of nitrogens with one attached hydrogen (secondary N) is 1. The van der Waals surface area contributed by atoms with Crippen molar-refractivity contribution in [1.82, 2.24) is 10.2 Å². The largest absolute Gasteiger partial charge is 0.461 e. The van der Waals surface area contributed by atoms with Crippen molar-refractivity contribution in [3.8, 4) is 0 Å². The molecule has 0 bridgehead atoms. The third-order valence-electron chi connectivity index (χ3n) is 1.63. The van der Waals surface area contributed by atoms with Gasteiger partial charge in [0.2, 0.25) is 0 Å². The number of aromatic nitrogens is 2.